The minimum atomic E-state index is -0.515. The molecule has 1 aromatic heterocycles. The summed E-state index contributed by atoms with van der Waals surface area (Å²) in [6.07, 6.45) is 2.88. The minimum absolute atomic E-state index is 0.0263. The quantitative estimate of drug-likeness (QED) is 0.669. The predicted octanol–water partition coefficient (Wildman–Crippen LogP) is 1.92. The Morgan fingerprint density at radius 3 is 2.74 bits per heavy atom. The maximum atomic E-state index is 12.3. The topological polar surface area (TPSA) is 91.6 Å². The second-order valence-electron chi connectivity index (χ2n) is 4.52. The summed E-state index contributed by atoms with van der Waals surface area (Å²) in [6.45, 7) is -0.111. The molecular weight excluding hydrogens is 364 g/mol. The van der Waals surface area contributed by atoms with Crippen LogP contribution in [0, 0.1) is 0 Å². The van der Waals surface area contributed by atoms with Crippen molar-refractivity contribution in [3.8, 4) is 0 Å². The molecule has 3 N–H and O–H groups in total. The molecule has 2 aromatic rings. The number of hydrogen-bond donors (Lipinski definition) is 3. The van der Waals surface area contributed by atoms with Crippen molar-refractivity contribution in [1.29, 1.82) is 0 Å². The van der Waals surface area contributed by atoms with Crippen molar-refractivity contribution >= 4 is 33.8 Å². The predicted molar refractivity (Wildman–Crippen MR) is 88.4 cm³/mol. The highest BCUT2D eigenvalue weighted by atomic mass is 79.9. The summed E-state index contributed by atoms with van der Waals surface area (Å²) in [5.74, 6) is -0.518. The molecule has 1 heterocycles. The van der Waals surface area contributed by atoms with E-state index in [0.29, 0.717) is 11.3 Å². The minimum Gasteiger partial charge on any atom is -0.465 e. The van der Waals surface area contributed by atoms with Gasteiger partial charge in [0.05, 0.1) is 12.9 Å². The third-order valence-electron chi connectivity index (χ3n) is 2.81. The van der Waals surface area contributed by atoms with Crippen molar-refractivity contribution < 1.29 is 19.1 Å². The highest BCUT2D eigenvalue weighted by molar-refractivity contribution is 9.10. The Morgan fingerprint density at radius 2 is 2.09 bits per heavy atom. The van der Waals surface area contributed by atoms with Gasteiger partial charge in [0.2, 0.25) is 0 Å². The summed E-state index contributed by atoms with van der Waals surface area (Å²) in [7, 11) is 0. The first kappa shape index (κ1) is 17.0. The number of carbonyl (C=O) groups is 2. The van der Waals surface area contributed by atoms with Crippen LogP contribution in [0.3, 0.4) is 0 Å². The SMILES string of the molecule is O=C(NCCO)C(=Cc1ccco1)NC(=O)c1cccc(Br)c1. The van der Waals surface area contributed by atoms with Crippen molar-refractivity contribution in [3.63, 3.8) is 0 Å². The monoisotopic (exact) mass is 378 g/mol. The molecule has 7 heteroatoms. The number of aliphatic hydroxyl groups is 1. The van der Waals surface area contributed by atoms with Crippen LogP contribution in [-0.2, 0) is 4.79 Å². The number of furan rings is 1. The molecule has 0 saturated heterocycles. The molecule has 0 aliphatic rings. The van der Waals surface area contributed by atoms with E-state index in [1.807, 2.05) is 0 Å². The van der Waals surface area contributed by atoms with Crippen LogP contribution in [0.25, 0.3) is 6.08 Å². The average molecular weight is 379 g/mol. The van der Waals surface area contributed by atoms with E-state index in [2.05, 4.69) is 26.6 Å². The van der Waals surface area contributed by atoms with E-state index in [9.17, 15) is 9.59 Å². The Hall–Kier alpha value is -2.38. The van der Waals surface area contributed by atoms with E-state index in [1.54, 1.807) is 36.4 Å². The first-order valence-electron chi connectivity index (χ1n) is 6.81. The number of carbonyl (C=O) groups excluding carboxylic acids is 2. The van der Waals surface area contributed by atoms with Gasteiger partial charge < -0.3 is 20.2 Å². The van der Waals surface area contributed by atoms with Gasteiger partial charge in [-0.2, -0.15) is 0 Å². The van der Waals surface area contributed by atoms with E-state index in [1.165, 1.54) is 12.3 Å². The van der Waals surface area contributed by atoms with Crippen LogP contribution in [0.15, 0.2) is 57.2 Å². The van der Waals surface area contributed by atoms with Crippen LogP contribution < -0.4 is 10.6 Å². The lowest BCUT2D eigenvalue weighted by molar-refractivity contribution is -0.117. The fraction of sp³-hybridized carbons (Fsp3) is 0.125. The smallest absolute Gasteiger partial charge is 0.268 e. The summed E-state index contributed by atoms with van der Waals surface area (Å²) >= 11 is 3.29. The van der Waals surface area contributed by atoms with Crippen LogP contribution in [0.2, 0.25) is 0 Å². The van der Waals surface area contributed by atoms with Crippen molar-refractivity contribution in [1.82, 2.24) is 10.6 Å². The Morgan fingerprint density at radius 1 is 1.26 bits per heavy atom. The number of amides is 2. The molecule has 0 radical (unpaired) electrons. The molecule has 0 atom stereocenters. The van der Waals surface area contributed by atoms with E-state index >= 15 is 0 Å². The average Bonchev–Trinajstić information content (AvgIpc) is 3.05. The van der Waals surface area contributed by atoms with E-state index in [0.717, 1.165) is 4.47 Å². The van der Waals surface area contributed by atoms with Crippen LogP contribution in [0.5, 0.6) is 0 Å². The molecule has 0 unspecified atom stereocenters. The number of aliphatic hydroxyl groups excluding tert-OH is 1. The Balaban J connectivity index is 2.20. The molecule has 2 rings (SSSR count). The zero-order valence-electron chi connectivity index (χ0n) is 12.1. The molecule has 1 aromatic carbocycles. The number of halogens is 1. The van der Waals surface area contributed by atoms with E-state index in [-0.39, 0.29) is 18.8 Å². The molecule has 0 aliphatic heterocycles. The first-order valence-corrected chi connectivity index (χ1v) is 7.60. The lowest BCUT2D eigenvalue weighted by atomic mass is 10.2. The maximum absolute atomic E-state index is 12.3. The fourth-order valence-electron chi connectivity index (χ4n) is 1.76. The Labute approximate surface area is 141 Å². The van der Waals surface area contributed by atoms with Gasteiger partial charge in [-0.1, -0.05) is 22.0 Å². The molecule has 2 amide bonds. The van der Waals surface area contributed by atoms with Crippen LogP contribution in [0.1, 0.15) is 16.1 Å². The molecule has 0 spiro atoms. The van der Waals surface area contributed by atoms with Crippen molar-refractivity contribution in [2.45, 2.75) is 0 Å². The van der Waals surface area contributed by atoms with Crippen LogP contribution in [0.4, 0.5) is 0 Å². The van der Waals surface area contributed by atoms with Crippen molar-refractivity contribution in [2.75, 3.05) is 13.2 Å². The molecule has 0 saturated carbocycles. The number of nitrogens with one attached hydrogen (secondary N) is 2. The second-order valence-corrected chi connectivity index (χ2v) is 5.43. The van der Waals surface area contributed by atoms with Gasteiger partial charge in [-0.05, 0) is 30.3 Å². The molecule has 0 fully saturated rings. The van der Waals surface area contributed by atoms with Crippen LogP contribution in [-0.4, -0.2) is 30.1 Å². The van der Waals surface area contributed by atoms with Gasteiger partial charge in [-0.15, -0.1) is 0 Å². The summed E-state index contributed by atoms with van der Waals surface area (Å²) in [6, 6.07) is 10.1. The molecule has 0 aliphatic carbocycles. The zero-order chi connectivity index (χ0) is 16.7. The van der Waals surface area contributed by atoms with Gasteiger partial charge in [0, 0.05) is 22.7 Å². The van der Waals surface area contributed by atoms with E-state index < -0.39 is 11.8 Å². The number of benzene rings is 1. The summed E-state index contributed by atoms with van der Waals surface area (Å²) in [5.41, 5.74) is 0.429. The molecular formula is C16H15BrN2O4. The zero-order valence-corrected chi connectivity index (χ0v) is 13.7. The molecule has 120 valence electrons. The Kier molecular flexibility index (Phi) is 6.13. The fourth-order valence-corrected chi connectivity index (χ4v) is 2.16. The van der Waals surface area contributed by atoms with Gasteiger partial charge in [-0.3, -0.25) is 9.59 Å². The molecule has 6 nitrogen and oxygen atoms in total. The highest BCUT2D eigenvalue weighted by Crippen LogP contribution is 2.12. The number of rotatable bonds is 6. The van der Waals surface area contributed by atoms with Crippen LogP contribution >= 0.6 is 15.9 Å². The third-order valence-corrected chi connectivity index (χ3v) is 3.30. The highest BCUT2D eigenvalue weighted by Gasteiger charge is 2.15. The summed E-state index contributed by atoms with van der Waals surface area (Å²) in [4.78, 5) is 24.4. The molecule has 0 bridgehead atoms. The second kappa shape index (κ2) is 8.30. The van der Waals surface area contributed by atoms with Gasteiger partial charge in [0.25, 0.3) is 11.8 Å². The van der Waals surface area contributed by atoms with Gasteiger partial charge in [0.1, 0.15) is 11.5 Å². The maximum Gasteiger partial charge on any atom is 0.268 e. The van der Waals surface area contributed by atoms with Crippen molar-refractivity contribution in [2.24, 2.45) is 0 Å². The standard InChI is InChI=1S/C16H15BrN2O4/c17-12-4-1-3-11(9-12)15(21)19-14(16(22)18-6-7-20)10-13-5-2-8-23-13/h1-5,8-10,20H,6-7H2,(H,18,22)(H,19,21). The Bertz CT molecular complexity index is 711. The lowest BCUT2D eigenvalue weighted by Gasteiger charge is -2.10. The van der Waals surface area contributed by atoms with Gasteiger partial charge in [-0.25, -0.2) is 0 Å². The lowest BCUT2D eigenvalue weighted by Crippen LogP contribution is -2.36. The van der Waals surface area contributed by atoms with Gasteiger partial charge >= 0.3 is 0 Å². The van der Waals surface area contributed by atoms with Crippen molar-refractivity contribution in [3.05, 3.63) is 64.2 Å². The third kappa shape index (κ3) is 5.08. The summed E-state index contributed by atoms with van der Waals surface area (Å²) in [5, 5.41) is 13.8. The van der Waals surface area contributed by atoms with E-state index in [4.69, 9.17) is 9.52 Å². The molecule has 23 heavy (non-hydrogen) atoms. The van der Waals surface area contributed by atoms with Gasteiger partial charge in [0.15, 0.2) is 0 Å². The summed E-state index contributed by atoms with van der Waals surface area (Å²) < 4.78 is 5.92. The largest absolute Gasteiger partial charge is 0.465 e. The normalized spacial score (nSPS) is 11.1. The number of hydrogen-bond acceptors (Lipinski definition) is 4. The first-order chi connectivity index (χ1) is 11.1.